The zero-order valence-corrected chi connectivity index (χ0v) is 20.0. The number of aromatic nitrogens is 3. The Morgan fingerprint density at radius 3 is 2.27 bits per heavy atom. The number of para-hydroxylation sites is 3. The first kappa shape index (κ1) is 21.3. The summed E-state index contributed by atoms with van der Waals surface area (Å²) < 4.78 is 8.15. The van der Waals surface area contributed by atoms with E-state index in [9.17, 15) is 4.79 Å². The molecule has 5 aromatic rings. The fraction of sp³-hybridized carbons (Fsp3) is 0.0667. The Kier molecular flexibility index (Phi) is 4.75. The second-order valence-corrected chi connectivity index (χ2v) is 8.94. The Hall–Kier alpha value is -5.04. The molecule has 0 radical (unpaired) electrons. The molecular weight excluding hydrogens is 462 g/mol. The van der Waals surface area contributed by atoms with Gasteiger partial charge in [-0.05, 0) is 43.3 Å². The normalized spacial score (nSPS) is 14.8. The highest BCUT2D eigenvalue weighted by Gasteiger charge is 2.40. The van der Waals surface area contributed by atoms with Crippen molar-refractivity contribution >= 4 is 33.8 Å². The number of hydrogen-bond donors (Lipinski definition) is 0. The highest BCUT2D eigenvalue weighted by molar-refractivity contribution is 6.36. The molecule has 7 heteroatoms. The molecule has 178 valence electrons. The average molecular weight is 484 g/mol. The molecule has 3 aromatic carbocycles. The van der Waals surface area contributed by atoms with E-state index in [2.05, 4.69) is 0 Å². The summed E-state index contributed by atoms with van der Waals surface area (Å²) in [4.78, 5) is 19.0. The molecule has 2 aromatic heterocycles. The van der Waals surface area contributed by atoms with E-state index in [4.69, 9.17) is 19.9 Å². The number of amides is 1. The first-order valence-corrected chi connectivity index (χ1v) is 12.0. The maximum absolute atomic E-state index is 14.0. The van der Waals surface area contributed by atoms with E-state index in [1.165, 1.54) is 5.01 Å². The summed E-state index contributed by atoms with van der Waals surface area (Å²) in [5.41, 5.74) is 6.30. The Morgan fingerprint density at radius 1 is 0.784 bits per heavy atom. The van der Waals surface area contributed by atoms with Gasteiger partial charge < -0.3 is 4.74 Å². The van der Waals surface area contributed by atoms with Crippen molar-refractivity contribution in [1.29, 1.82) is 0 Å². The SMILES string of the molecule is Cc1nn(-c2ccccc2)c2c1C(c1ccc3ccccc3n1)=C1C(=O)N(c3ccccc3)N=C1CO2. The molecule has 0 spiro atoms. The van der Waals surface area contributed by atoms with Crippen molar-refractivity contribution in [2.45, 2.75) is 6.92 Å². The van der Waals surface area contributed by atoms with Crippen molar-refractivity contribution < 1.29 is 9.53 Å². The minimum absolute atomic E-state index is 0.131. The van der Waals surface area contributed by atoms with Gasteiger partial charge in [-0.3, -0.25) is 4.79 Å². The van der Waals surface area contributed by atoms with Gasteiger partial charge in [-0.1, -0.05) is 60.7 Å². The molecule has 0 fully saturated rings. The molecule has 0 unspecified atom stereocenters. The van der Waals surface area contributed by atoms with E-state index in [0.29, 0.717) is 34.1 Å². The first-order chi connectivity index (χ1) is 18.2. The predicted molar refractivity (Wildman–Crippen MR) is 143 cm³/mol. The number of rotatable bonds is 3. The monoisotopic (exact) mass is 483 g/mol. The lowest BCUT2D eigenvalue weighted by Crippen LogP contribution is -2.22. The van der Waals surface area contributed by atoms with E-state index in [0.717, 1.165) is 27.8 Å². The third-order valence-electron chi connectivity index (χ3n) is 6.64. The van der Waals surface area contributed by atoms with Gasteiger partial charge in [0.25, 0.3) is 5.91 Å². The summed E-state index contributed by atoms with van der Waals surface area (Å²) in [6.07, 6.45) is 0. The molecule has 7 nitrogen and oxygen atoms in total. The third kappa shape index (κ3) is 3.36. The number of hydrazone groups is 1. The summed E-state index contributed by atoms with van der Waals surface area (Å²) in [6.45, 7) is 2.06. The highest BCUT2D eigenvalue weighted by atomic mass is 16.5. The van der Waals surface area contributed by atoms with Crippen LogP contribution in [0.1, 0.15) is 17.0 Å². The van der Waals surface area contributed by atoms with Gasteiger partial charge in [-0.15, -0.1) is 0 Å². The molecule has 1 amide bonds. The van der Waals surface area contributed by atoms with Crippen LogP contribution in [0, 0.1) is 6.92 Å². The molecule has 2 aliphatic rings. The molecule has 0 saturated carbocycles. The van der Waals surface area contributed by atoms with Gasteiger partial charge in [0.05, 0.1) is 39.4 Å². The van der Waals surface area contributed by atoms with E-state index < -0.39 is 0 Å². The van der Waals surface area contributed by atoms with Crippen LogP contribution in [0.4, 0.5) is 5.69 Å². The minimum atomic E-state index is -0.213. The number of benzene rings is 3. The van der Waals surface area contributed by atoms with Crippen LogP contribution in [-0.2, 0) is 4.79 Å². The van der Waals surface area contributed by atoms with E-state index in [1.807, 2.05) is 104 Å². The first-order valence-electron chi connectivity index (χ1n) is 12.0. The number of nitrogens with zero attached hydrogens (tertiary/aromatic N) is 5. The summed E-state index contributed by atoms with van der Waals surface area (Å²) >= 11 is 0. The Labute approximate surface area is 212 Å². The summed E-state index contributed by atoms with van der Waals surface area (Å²) in [5.74, 6) is 0.354. The molecule has 0 aliphatic carbocycles. The molecule has 0 N–H and O–H groups in total. The Bertz CT molecular complexity index is 1750. The van der Waals surface area contributed by atoms with Crippen LogP contribution < -0.4 is 9.75 Å². The van der Waals surface area contributed by atoms with Crippen LogP contribution in [0.15, 0.2) is 108 Å². The standard InChI is InChI=1S/C30H21N5O2/c1-19-26-27(24-17-16-20-10-8-9-15-23(20)31-24)28-25(33-34(29(28)36)21-11-4-2-5-12-21)18-37-30(26)35(32-19)22-13-6-3-7-14-22/h2-17H,18H2,1H3. The highest BCUT2D eigenvalue weighted by Crippen LogP contribution is 2.42. The maximum Gasteiger partial charge on any atom is 0.281 e. The number of carbonyl (C=O) groups is 1. The Morgan fingerprint density at radius 2 is 1.49 bits per heavy atom. The molecule has 7 rings (SSSR count). The number of anilines is 1. The van der Waals surface area contributed by atoms with Crippen molar-refractivity contribution in [2.75, 3.05) is 11.6 Å². The Balaban J connectivity index is 1.51. The number of fused-ring (bicyclic) bond motifs is 3. The molecule has 0 bridgehead atoms. The number of ether oxygens (including phenoxy) is 1. The molecule has 37 heavy (non-hydrogen) atoms. The zero-order valence-electron chi connectivity index (χ0n) is 20.0. The minimum Gasteiger partial charge on any atom is -0.471 e. The number of carbonyl (C=O) groups excluding carboxylic acids is 1. The summed E-state index contributed by atoms with van der Waals surface area (Å²) in [7, 11) is 0. The molecular formula is C30H21N5O2. The second kappa shape index (κ2) is 8.27. The van der Waals surface area contributed by atoms with Crippen LogP contribution in [0.2, 0.25) is 0 Å². The van der Waals surface area contributed by atoms with Crippen molar-refractivity contribution in [3.05, 3.63) is 120 Å². The topological polar surface area (TPSA) is 72.6 Å². The van der Waals surface area contributed by atoms with Gasteiger partial charge in [0.15, 0.2) is 0 Å². The van der Waals surface area contributed by atoms with Crippen LogP contribution in [0.3, 0.4) is 0 Å². The van der Waals surface area contributed by atoms with Crippen LogP contribution >= 0.6 is 0 Å². The zero-order chi connectivity index (χ0) is 24.9. The van der Waals surface area contributed by atoms with E-state index in [1.54, 1.807) is 4.68 Å². The number of pyridine rings is 1. The lowest BCUT2D eigenvalue weighted by Gasteiger charge is -2.14. The molecule has 4 heterocycles. The van der Waals surface area contributed by atoms with Crippen LogP contribution in [0.5, 0.6) is 5.88 Å². The maximum atomic E-state index is 14.0. The van der Waals surface area contributed by atoms with Gasteiger partial charge >= 0.3 is 0 Å². The fourth-order valence-corrected chi connectivity index (χ4v) is 4.94. The lowest BCUT2D eigenvalue weighted by atomic mass is 9.94. The van der Waals surface area contributed by atoms with Gasteiger partial charge in [0.2, 0.25) is 5.88 Å². The number of hydrogen-bond acceptors (Lipinski definition) is 5. The third-order valence-corrected chi connectivity index (χ3v) is 6.64. The van der Waals surface area contributed by atoms with Gasteiger partial charge in [-0.25, -0.2) is 9.67 Å². The van der Waals surface area contributed by atoms with E-state index in [-0.39, 0.29) is 12.5 Å². The lowest BCUT2D eigenvalue weighted by molar-refractivity contribution is -0.114. The van der Waals surface area contributed by atoms with Crippen molar-refractivity contribution in [3.8, 4) is 11.6 Å². The molecule has 0 saturated heterocycles. The van der Waals surface area contributed by atoms with Crippen LogP contribution in [0.25, 0.3) is 22.2 Å². The summed E-state index contributed by atoms with van der Waals surface area (Å²) in [5, 5.41) is 12.0. The van der Waals surface area contributed by atoms with Gasteiger partial charge in [0.1, 0.15) is 12.3 Å². The van der Waals surface area contributed by atoms with Crippen molar-refractivity contribution in [3.63, 3.8) is 0 Å². The van der Waals surface area contributed by atoms with E-state index >= 15 is 0 Å². The smallest absolute Gasteiger partial charge is 0.281 e. The largest absolute Gasteiger partial charge is 0.471 e. The van der Waals surface area contributed by atoms with Crippen molar-refractivity contribution in [1.82, 2.24) is 14.8 Å². The quantitative estimate of drug-likeness (QED) is 0.348. The summed E-state index contributed by atoms with van der Waals surface area (Å²) in [6, 6.07) is 31.2. The van der Waals surface area contributed by atoms with Crippen molar-refractivity contribution in [2.24, 2.45) is 5.10 Å². The fourth-order valence-electron chi connectivity index (χ4n) is 4.94. The average Bonchev–Trinajstić information content (AvgIpc) is 3.38. The second-order valence-electron chi connectivity index (χ2n) is 8.94. The van der Waals surface area contributed by atoms with Crippen LogP contribution in [-0.4, -0.2) is 33.0 Å². The van der Waals surface area contributed by atoms with Gasteiger partial charge in [-0.2, -0.15) is 15.2 Å². The molecule has 0 atom stereocenters. The van der Waals surface area contributed by atoms with Gasteiger partial charge in [0, 0.05) is 11.0 Å². The number of aryl methyl sites for hydroxylation is 1. The molecule has 2 aliphatic heterocycles. The predicted octanol–water partition coefficient (Wildman–Crippen LogP) is 5.33.